The van der Waals surface area contributed by atoms with E-state index in [4.69, 9.17) is 10.8 Å². The van der Waals surface area contributed by atoms with Gasteiger partial charge in [-0.1, -0.05) is 0 Å². The molecule has 1 aromatic rings. The summed E-state index contributed by atoms with van der Waals surface area (Å²) < 4.78 is 0. The molecule has 0 fully saturated rings. The summed E-state index contributed by atoms with van der Waals surface area (Å²) in [7, 11) is 0. The molecule has 0 aliphatic carbocycles. The minimum atomic E-state index is 0.363. The van der Waals surface area contributed by atoms with Crippen LogP contribution in [0.5, 0.6) is 0 Å². The van der Waals surface area contributed by atoms with E-state index in [0.717, 1.165) is 17.9 Å². The molecule has 1 heterocycles. The molecule has 0 spiro atoms. The summed E-state index contributed by atoms with van der Waals surface area (Å²) in [5.74, 6) is 0.818. The first-order chi connectivity index (χ1) is 6.77. The fourth-order valence-electron chi connectivity index (χ4n) is 1.08. The van der Waals surface area contributed by atoms with Gasteiger partial charge in [-0.25, -0.2) is 4.98 Å². The van der Waals surface area contributed by atoms with Gasteiger partial charge in [0.25, 0.3) is 0 Å². The van der Waals surface area contributed by atoms with Gasteiger partial charge < -0.3 is 16.1 Å². The fraction of sp³-hybridized carbons (Fsp3) is 0.300. The predicted molar refractivity (Wildman–Crippen MR) is 58.6 cm³/mol. The number of rotatable bonds is 5. The van der Waals surface area contributed by atoms with Crippen LogP contribution in [-0.4, -0.2) is 23.5 Å². The lowest BCUT2D eigenvalue weighted by atomic mass is 10.1. The quantitative estimate of drug-likeness (QED) is 0.620. The molecule has 3 N–H and O–H groups in total. The Hall–Kier alpha value is -1.71. The van der Waals surface area contributed by atoms with Crippen LogP contribution in [0, 0.1) is 10.8 Å². The third-order valence-corrected chi connectivity index (χ3v) is 1.78. The summed E-state index contributed by atoms with van der Waals surface area (Å²) in [6.45, 7) is 2.84. The van der Waals surface area contributed by atoms with Crippen LogP contribution in [0.2, 0.25) is 0 Å². The van der Waals surface area contributed by atoms with Crippen molar-refractivity contribution in [3.63, 3.8) is 0 Å². The number of hydrogen-bond donors (Lipinski definition) is 3. The molecule has 1 aromatic heterocycles. The van der Waals surface area contributed by atoms with Crippen LogP contribution in [0.3, 0.4) is 0 Å². The van der Waals surface area contributed by atoms with Crippen molar-refractivity contribution in [3.05, 3.63) is 23.9 Å². The number of pyridine rings is 1. The molecule has 0 radical (unpaired) electrons. The SMILES string of the molecule is CCNc1ccc(C(=N)CC=N)cn1. The van der Waals surface area contributed by atoms with Crippen molar-refractivity contribution in [1.82, 2.24) is 4.98 Å². The molecule has 1 rings (SSSR count). The number of anilines is 1. The lowest BCUT2D eigenvalue weighted by Crippen LogP contribution is -2.03. The van der Waals surface area contributed by atoms with E-state index in [9.17, 15) is 0 Å². The maximum Gasteiger partial charge on any atom is 0.125 e. The molecular weight excluding hydrogens is 176 g/mol. The average Bonchev–Trinajstić information content (AvgIpc) is 2.20. The molecular formula is C10H14N4. The molecule has 0 aliphatic heterocycles. The maximum absolute atomic E-state index is 7.59. The van der Waals surface area contributed by atoms with Crippen LogP contribution in [-0.2, 0) is 0 Å². The highest BCUT2D eigenvalue weighted by molar-refractivity contribution is 6.04. The van der Waals surface area contributed by atoms with E-state index in [1.54, 1.807) is 6.20 Å². The first-order valence-corrected chi connectivity index (χ1v) is 4.54. The molecule has 0 atom stereocenters. The van der Waals surface area contributed by atoms with E-state index in [1.165, 1.54) is 6.21 Å². The zero-order valence-electron chi connectivity index (χ0n) is 8.17. The fourth-order valence-corrected chi connectivity index (χ4v) is 1.08. The van der Waals surface area contributed by atoms with Crippen molar-refractivity contribution in [3.8, 4) is 0 Å². The molecule has 74 valence electrons. The van der Waals surface area contributed by atoms with Crippen molar-refractivity contribution >= 4 is 17.7 Å². The van der Waals surface area contributed by atoms with E-state index < -0.39 is 0 Å². The Morgan fingerprint density at radius 3 is 2.86 bits per heavy atom. The zero-order valence-corrected chi connectivity index (χ0v) is 8.17. The molecule has 0 aliphatic rings. The summed E-state index contributed by atoms with van der Waals surface area (Å²) in [5, 5.41) is 17.6. The van der Waals surface area contributed by atoms with Crippen molar-refractivity contribution < 1.29 is 0 Å². The largest absolute Gasteiger partial charge is 0.370 e. The van der Waals surface area contributed by atoms with Gasteiger partial charge in [0.1, 0.15) is 5.82 Å². The normalized spacial score (nSPS) is 9.50. The average molecular weight is 190 g/mol. The highest BCUT2D eigenvalue weighted by Gasteiger charge is 1.99. The van der Waals surface area contributed by atoms with Gasteiger partial charge in [0.15, 0.2) is 0 Å². The summed E-state index contributed by atoms with van der Waals surface area (Å²) in [6, 6.07) is 3.69. The maximum atomic E-state index is 7.59. The Morgan fingerprint density at radius 1 is 1.57 bits per heavy atom. The van der Waals surface area contributed by atoms with E-state index in [2.05, 4.69) is 10.3 Å². The summed E-state index contributed by atoms with van der Waals surface area (Å²) >= 11 is 0. The summed E-state index contributed by atoms with van der Waals surface area (Å²) in [6.07, 6.45) is 3.24. The summed E-state index contributed by atoms with van der Waals surface area (Å²) in [4.78, 5) is 4.14. The van der Waals surface area contributed by atoms with Crippen molar-refractivity contribution in [1.29, 1.82) is 10.8 Å². The van der Waals surface area contributed by atoms with Gasteiger partial charge in [-0.05, 0) is 19.1 Å². The van der Waals surface area contributed by atoms with E-state index in [-0.39, 0.29) is 0 Å². The first-order valence-electron chi connectivity index (χ1n) is 4.54. The third-order valence-electron chi connectivity index (χ3n) is 1.78. The second-order valence-corrected chi connectivity index (χ2v) is 2.85. The Bertz CT molecular complexity index is 315. The van der Waals surface area contributed by atoms with Gasteiger partial charge in [-0.2, -0.15) is 0 Å². The van der Waals surface area contributed by atoms with E-state index in [0.29, 0.717) is 12.1 Å². The lowest BCUT2D eigenvalue weighted by Gasteiger charge is -2.03. The minimum absolute atomic E-state index is 0.363. The van der Waals surface area contributed by atoms with Gasteiger partial charge in [0.2, 0.25) is 0 Å². The van der Waals surface area contributed by atoms with E-state index >= 15 is 0 Å². The Balaban J connectivity index is 2.72. The second-order valence-electron chi connectivity index (χ2n) is 2.85. The second kappa shape index (κ2) is 5.11. The smallest absolute Gasteiger partial charge is 0.125 e. The number of aromatic nitrogens is 1. The zero-order chi connectivity index (χ0) is 10.4. The molecule has 0 amide bonds. The van der Waals surface area contributed by atoms with Gasteiger partial charge in [-0.15, -0.1) is 0 Å². The van der Waals surface area contributed by atoms with Crippen LogP contribution in [0.25, 0.3) is 0 Å². The van der Waals surface area contributed by atoms with E-state index in [1.807, 2.05) is 19.1 Å². The van der Waals surface area contributed by atoms with Gasteiger partial charge in [0, 0.05) is 36.7 Å². The lowest BCUT2D eigenvalue weighted by molar-refractivity contribution is 1.15. The molecule has 0 saturated heterocycles. The Morgan fingerprint density at radius 2 is 2.36 bits per heavy atom. The first kappa shape index (κ1) is 10.4. The van der Waals surface area contributed by atoms with Gasteiger partial charge >= 0.3 is 0 Å². The number of nitrogens with one attached hydrogen (secondary N) is 3. The monoisotopic (exact) mass is 190 g/mol. The highest BCUT2D eigenvalue weighted by atomic mass is 15.0. The Labute approximate surface area is 83.4 Å². The topological polar surface area (TPSA) is 72.6 Å². The Kier molecular flexibility index (Phi) is 3.79. The van der Waals surface area contributed by atoms with Crippen LogP contribution in [0.15, 0.2) is 18.3 Å². The van der Waals surface area contributed by atoms with Crippen LogP contribution in [0.1, 0.15) is 18.9 Å². The molecule has 4 heteroatoms. The summed E-state index contributed by atoms with van der Waals surface area (Å²) in [5.41, 5.74) is 1.20. The predicted octanol–water partition coefficient (Wildman–Crippen LogP) is 1.92. The van der Waals surface area contributed by atoms with Crippen molar-refractivity contribution in [2.45, 2.75) is 13.3 Å². The van der Waals surface area contributed by atoms with Gasteiger partial charge in [0.05, 0.1) is 0 Å². The molecule has 4 nitrogen and oxygen atoms in total. The molecule has 0 bridgehead atoms. The van der Waals surface area contributed by atoms with Crippen molar-refractivity contribution in [2.24, 2.45) is 0 Å². The standard InChI is InChI=1S/C10H14N4/c1-2-13-10-4-3-8(7-14-10)9(12)5-6-11/h3-4,6-7,11-12H,2,5H2,1H3,(H,13,14). The molecule has 0 saturated carbocycles. The number of nitrogens with zero attached hydrogens (tertiary/aromatic N) is 1. The minimum Gasteiger partial charge on any atom is -0.370 e. The van der Waals surface area contributed by atoms with Gasteiger partial charge in [-0.3, -0.25) is 0 Å². The molecule has 0 aromatic carbocycles. The third kappa shape index (κ3) is 2.65. The molecule has 14 heavy (non-hydrogen) atoms. The van der Waals surface area contributed by atoms with Crippen molar-refractivity contribution in [2.75, 3.05) is 11.9 Å². The van der Waals surface area contributed by atoms with Crippen LogP contribution in [0.4, 0.5) is 5.82 Å². The number of hydrogen-bond acceptors (Lipinski definition) is 4. The van der Waals surface area contributed by atoms with Crippen LogP contribution >= 0.6 is 0 Å². The molecule has 0 unspecified atom stereocenters. The highest BCUT2D eigenvalue weighted by Crippen LogP contribution is 2.06. The van der Waals surface area contributed by atoms with Crippen LogP contribution < -0.4 is 5.32 Å².